The number of rotatable bonds is 6. The van der Waals surface area contributed by atoms with E-state index in [4.69, 9.17) is 9.47 Å². The first-order valence-electron chi connectivity index (χ1n) is 6.96. The van der Waals surface area contributed by atoms with Gasteiger partial charge in [0.2, 0.25) is 0 Å². The van der Waals surface area contributed by atoms with Crippen LogP contribution in [0.3, 0.4) is 0 Å². The van der Waals surface area contributed by atoms with Crippen molar-refractivity contribution in [3.8, 4) is 11.5 Å². The molecule has 1 aromatic rings. The minimum atomic E-state index is 0. The molecule has 1 aliphatic rings. The Hall–Kier alpha value is -1.18. The lowest BCUT2D eigenvalue weighted by atomic mass is 10.2. The molecule has 0 aliphatic heterocycles. The Labute approximate surface area is 143 Å². The largest absolute Gasteiger partial charge is 0.493 e. The van der Waals surface area contributed by atoms with Gasteiger partial charge in [-0.1, -0.05) is 12.8 Å². The molecular weight excluding hydrogens is 381 g/mol. The van der Waals surface area contributed by atoms with Crippen LogP contribution in [-0.4, -0.2) is 33.8 Å². The molecule has 0 saturated heterocycles. The average molecular weight is 405 g/mol. The van der Waals surface area contributed by atoms with E-state index in [2.05, 4.69) is 15.6 Å². The summed E-state index contributed by atoms with van der Waals surface area (Å²) < 4.78 is 10.5. The highest BCUT2D eigenvalue weighted by Crippen LogP contribution is 2.32. The summed E-state index contributed by atoms with van der Waals surface area (Å²) in [7, 11) is 5.03. The first-order valence-corrected chi connectivity index (χ1v) is 6.96. The molecule has 0 bridgehead atoms. The first kappa shape index (κ1) is 17.9. The van der Waals surface area contributed by atoms with E-state index in [1.165, 1.54) is 19.3 Å². The van der Waals surface area contributed by atoms with Crippen molar-refractivity contribution in [1.29, 1.82) is 0 Å². The second kappa shape index (κ2) is 8.96. The molecule has 118 valence electrons. The summed E-state index contributed by atoms with van der Waals surface area (Å²) >= 11 is 0. The Bertz CT molecular complexity index is 476. The van der Waals surface area contributed by atoms with Gasteiger partial charge in [-0.3, -0.25) is 4.99 Å². The molecular formula is C15H24IN3O2. The number of halogens is 1. The molecule has 1 aliphatic carbocycles. The molecule has 5 nitrogen and oxygen atoms in total. The minimum absolute atomic E-state index is 0. The van der Waals surface area contributed by atoms with E-state index in [-0.39, 0.29) is 24.0 Å². The smallest absolute Gasteiger partial charge is 0.195 e. The van der Waals surface area contributed by atoms with E-state index >= 15 is 0 Å². The molecule has 0 atom stereocenters. The molecule has 0 radical (unpaired) electrons. The predicted molar refractivity (Wildman–Crippen MR) is 97.3 cm³/mol. The van der Waals surface area contributed by atoms with E-state index in [0.717, 1.165) is 29.9 Å². The molecule has 0 amide bonds. The predicted octanol–water partition coefficient (Wildman–Crippen LogP) is 3.11. The lowest BCUT2D eigenvalue weighted by molar-refractivity contribution is 0.355. The van der Waals surface area contributed by atoms with Crippen molar-refractivity contribution < 1.29 is 9.47 Å². The highest BCUT2D eigenvalue weighted by Gasteiger charge is 2.20. The number of methoxy groups -OCH3 is 2. The number of guanidine groups is 1. The fourth-order valence-corrected chi connectivity index (χ4v) is 2.03. The lowest BCUT2D eigenvalue weighted by Crippen LogP contribution is -2.31. The van der Waals surface area contributed by atoms with Gasteiger partial charge in [0.15, 0.2) is 17.5 Å². The Morgan fingerprint density at radius 2 is 1.95 bits per heavy atom. The van der Waals surface area contributed by atoms with Gasteiger partial charge in [0.25, 0.3) is 0 Å². The van der Waals surface area contributed by atoms with E-state index in [1.54, 1.807) is 21.3 Å². The van der Waals surface area contributed by atoms with Crippen LogP contribution in [0.25, 0.3) is 0 Å². The van der Waals surface area contributed by atoms with Crippen LogP contribution in [0.4, 0.5) is 5.69 Å². The molecule has 2 N–H and O–H groups in total. The van der Waals surface area contributed by atoms with Gasteiger partial charge in [-0.05, 0) is 24.5 Å². The van der Waals surface area contributed by atoms with Gasteiger partial charge in [-0.2, -0.15) is 0 Å². The highest BCUT2D eigenvalue weighted by atomic mass is 127. The number of anilines is 1. The maximum atomic E-state index is 5.29. The van der Waals surface area contributed by atoms with Crippen molar-refractivity contribution in [2.75, 3.05) is 33.1 Å². The van der Waals surface area contributed by atoms with E-state index in [0.29, 0.717) is 5.75 Å². The molecule has 2 rings (SSSR count). The summed E-state index contributed by atoms with van der Waals surface area (Å²) in [6.45, 7) is 0.956. The van der Waals surface area contributed by atoms with Gasteiger partial charge >= 0.3 is 0 Å². The average Bonchev–Trinajstić information content (AvgIpc) is 3.30. The highest BCUT2D eigenvalue weighted by molar-refractivity contribution is 14.0. The van der Waals surface area contributed by atoms with Crippen LogP contribution in [0.1, 0.15) is 19.3 Å². The standard InChI is InChI=1S/C15H23N3O2.HI/c1-16-15(17-9-8-11-4-5-11)18-12-6-7-13(19-2)14(10-12)20-3;/h6-7,10-11H,4-5,8-9H2,1-3H3,(H2,16,17,18);1H. The fourth-order valence-electron chi connectivity index (χ4n) is 2.03. The van der Waals surface area contributed by atoms with Crippen molar-refractivity contribution >= 4 is 35.6 Å². The Balaban J connectivity index is 0.00000220. The molecule has 0 spiro atoms. The summed E-state index contributed by atoms with van der Waals surface area (Å²) in [5.74, 6) is 3.11. The molecule has 21 heavy (non-hydrogen) atoms. The van der Waals surface area contributed by atoms with Crippen LogP contribution in [-0.2, 0) is 0 Å². The van der Waals surface area contributed by atoms with Crippen LogP contribution in [0, 0.1) is 5.92 Å². The summed E-state index contributed by atoms with van der Waals surface area (Å²) in [6.07, 6.45) is 3.97. The van der Waals surface area contributed by atoms with Crippen molar-refractivity contribution in [1.82, 2.24) is 5.32 Å². The third-order valence-corrected chi connectivity index (χ3v) is 3.41. The molecule has 0 unspecified atom stereocenters. The molecule has 0 heterocycles. The van der Waals surface area contributed by atoms with E-state index in [9.17, 15) is 0 Å². The van der Waals surface area contributed by atoms with Crippen molar-refractivity contribution in [2.24, 2.45) is 10.9 Å². The van der Waals surface area contributed by atoms with Crippen LogP contribution in [0.5, 0.6) is 11.5 Å². The quantitative estimate of drug-likeness (QED) is 0.434. The molecule has 1 saturated carbocycles. The molecule has 0 aromatic heterocycles. The topological polar surface area (TPSA) is 54.9 Å². The number of hydrogen-bond donors (Lipinski definition) is 2. The van der Waals surface area contributed by atoms with Gasteiger partial charge in [-0.25, -0.2) is 0 Å². The zero-order valence-corrected chi connectivity index (χ0v) is 15.1. The third-order valence-electron chi connectivity index (χ3n) is 3.41. The maximum Gasteiger partial charge on any atom is 0.195 e. The van der Waals surface area contributed by atoms with Crippen molar-refractivity contribution in [3.63, 3.8) is 0 Å². The molecule has 1 aromatic carbocycles. The third kappa shape index (κ3) is 5.61. The van der Waals surface area contributed by atoms with Crippen molar-refractivity contribution in [3.05, 3.63) is 18.2 Å². The van der Waals surface area contributed by atoms with Gasteiger partial charge < -0.3 is 20.1 Å². The number of hydrogen-bond acceptors (Lipinski definition) is 3. The summed E-state index contributed by atoms with van der Waals surface area (Å²) in [4.78, 5) is 4.22. The number of nitrogens with zero attached hydrogens (tertiary/aromatic N) is 1. The van der Waals surface area contributed by atoms with Gasteiger partial charge in [0.05, 0.1) is 14.2 Å². The van der Waals surface area contributed by atoms with Crippen LogP contribution >= 0.6 is 24.0 Å². The normalized spacial score (nSPS) is 14.1. The van der Waals surface area contributed by atoms with Gasteiger partial charge in [0, 0.05) is 25.3 Å². The van der Waals surface area contributed by atoms with Crippen molar-refractivity contribution in [2.45, 2.75) is 19.3 Å². The maximum absolute atomic E-state index is 5.29. The Kier molecular flexibility index (Phi) is 7.63. The number of ether oxygens (including phenoxy) is 2. The number of aliphatic imine (C=N–C) groups is 1. The lowest BCUT2D eigenvalue weighted by Gasteiger charge is -2.14. The number of benzene rings is 1. The minimum Gasteiger partial charge on any atom is -0.493 e. The molecule has 6 heteroatoms. The monoisotopic (exact) mass is 405 g/mol. The van der Waals surface area contributed by atoms with Crippen LogP contribution in [0.2, 0.25) is 0 Å². The zero-order chi connectivity index (χ0) is 14.4. The fraction of sp³-hybridized carbons (Fsp3) is 0.533. The van der Waals surface area contributed by atoms with E-state index in [1.807, 2.05) is 18.2 Å². The van der Waals surface area contributed by atoms with Gasteiger partial charge in [0.1, 0.15) is 0 Å². The van der Waals surface area contributed by atoms with E-state index < -0.39 is 0 Å². The SMILES string of the molecule is CN=C(NCCC1CC1)Nc1ccc(OC)c(OC)c1.I. The summed E-state index contributed by atoms with van der Waals surface area (Å²) in [5.41, 5.74) is 0.919. The Morgan fingerprint density at radius 3 is 2.52 bits per heavy atom. The van der Waals surface area contributed by atoms with Gasteiger partial charge in [-0.15, -0.1) is 24.0 Å². The Morgan fingerprint density at radius 1 is 1.24 bits per heavy atom. The summed E-state index contributed by atoms with van der Waals surface area (Å²) in [5, 5.41) is 6.57. The second-order valence-electron chi connectivity index (χ2n) is 4.93. The zero-order valence-electron chi connectivity index (χ0n) is 12.8. The first-order chi connectivity index (χ1) is 9.76. The number of nitrogens with one attached hydrogen (secondary N) is 2. The van der Waals surface area contributed by atoms with Crippen LogP contribution < -0.4 is 20.1 Å². The second-order valence-corrected chi connectivity index (χ2v) is 4.93. The van der Waals surface area contributed by atoms with Crippen LogP contribution in [0.15, 0.2) is 23.2 Å². The molecule has 1 fully saturated rings. The summed E-state index contributed by atoms with van der Waals surface area (Å²) in [6, 6.07) is 5.71.